The van der Waals surface area contributed by atoms with Gasteiger partial charge >= 0.3 is 5.97 Å². The molecule has 4 aliphatic carbocycles. The highest BCUT2D eigenvalue weighted by Crippen LogP contribution is 2.66. The molecule has 8 heteroatoms. The first-order chi connectivity index (χ1) is 17.0. The third-order valence-electron chi connectivity index (χ3n) is 10.3. The molecule has 4 fully saturated rings. The molecule has 0 aromatic heterocycles. The number of Topliss-reactive ketones (excluding diaryl/α,β-unsaturated/α-hetero) is 3. The van der Waals surface area contributed by atoms with Crippen LogP contribution in [0.3, 0.4) is 0 Å². The molecule has 0 saturated heterocycles. The number of aliphatic carboxylic acids is 2. The topological polar surface area (TPSA) is 129 Å². The summed E-state index contributed by atoms with van der Waals surface area (Å²) in [6.45, 7) is 6.44. The van der Waals surface area contributed by atoms with Crippen molar-refractivity contribution in [3.05, 3.63) is 0 Å². The lowest BCUT2D eigenvalue weighted by molar-refractivity contribution is -0.864. The number of carboxylic acids is 2. The van der Waals surface area contributed by atoms with Gasteiger partial charge in [0.2, 0.25) is 0 Å². The zero-order valence-electron chi connectivity index (χ0n) is 23.4. The molecule has 208 valence electrons. The molecule has 0 amide bonds. The van der Waals surface area contributed by atoms with E-state index in [1.807, 2.05) is 0 Å². The second-order valence-corrected chi connectivity index (χ2v) is 13.7. The number of carbonyl (C=O) groups excluding carboxylic acids is 4. The standard InChI is InChI=1S/C24H34O5.C5H11NO2/c1-13(4-7-21(28)29)16-5-6-17-22-18(12-20(27)24(16,17)3)23(2)9-8-15(25)10-14(23)11-19(22)26;1-6(2,3)4-5(7)8/h13-14,16-18,22H,4-12H2,1-3H3,(H,28,29);4H2,1-3H3/t13-,14+,16-,17+,18+,22+,23+,24-;/m1./s1. The van der Waals surface area contributed by atoms with Crippen LogP contribution in [0.5, 0.6) is 0 Å². The first-order valence-electron chi connectivity index (χ1n) is 13.8. The molecule has 4 saturated carbocycles. The minimum absolute atomic E-state index is 0.0659. The van der Waals surface area contributed by atoms with Gasteiger partial charge in [0.15, 0.2) is 0 Å². The highest BCUT2D eigenvalue weighted by Gasteiger charge is 2.66. The minimum atomic E-state index is -1.00. The Morgan fingerprint density at radius 3 is 2.24 bits per heavy atom. The van der Waals surface area contributed by atoms with Crippen molar-refractivity contribution in [2.45, 2.75) is 78.6 Å². The van der Waals surface area contributed by atoms with Gasteiger partial charge < -0.3 is 19.5 Å². The van der Waals surface area contributed by atoms with Crippen LogP contribution < -0.4 is 5.11 Å². The molecule has 0 heterocycles. The monoisotopic (exact) mass is 519 g/mol. The van der Waals surface area contributed by atoms with Gasteiger partial charge in [-0.05, 0) is 60.7 Å². The van der Waals surface area contributed by atoms with E-state index in [-0.39, 0.29) is 71.2 Å². The van der Waals surface area contributed by atoms with E-state index >= 15 is 0 Å². The van der Waals surface area contributed by atoms with Gasteiger partial charge in [-0.15, -0.1) is 0 Å². The van der Waals surface area contributed by atoms with E-state index in [9.17, 15) is 29.1 Å². The van der Waals surface area contributed by atoms with Crippen LogP contribution in [-0.2, 0) is 24.0 Å². The van der Waals surface area contributed by atoms with Crippen molar-refractivity contribution < 1.29 is 38.7 Å². The molecular formula is C29H45NO7. The summed E-state index contributed by atoms with van der Waals surface area (Å²) in [6.07, 6.45) is 5.33. The lowest BCUT2D eigenvalue weighted by Crippen LogP contribution is -2.60. The Morgan fingerprint density at radius 2 is 1.70 bits per heavy atom. The Bertz CT molecular complexity index is 952. The highest BCUT2D eigenvalue weighted by atomic mass is 16.4. The third kappa shape index (κ3) is 5.84. The van der Waals surface area contributed by atoms with Crippen LogP contribution in [-0.4, -0.2) is 66.6 Å². The Hall–Kier alpha value is -2.09. The number of likely N-dealkylation sites (N-methyl/N-ethyl adjacent to an activating group) is 1. The highest BCUT2D eigenvalue weighted by molar-refractivity contribution is 5.93. The molecular weight excluding hydrogens is 474 g/mol. The molecule has 8 nitrogen and oxygen atoms in total. The van der Waals surface area contributed by atoms with Crippen LogP contribution >= 0.6 is 0 Å². The van der Waals surface area contributed by atoms with Crippen LogP contribution in [0.15, 0.2) is 0 Å². The van der Waals surface area contributed by atoms with Gasteiger partial charge in [0.25, 0.3) is 0 Å². The number of nitrogens with zero attached hydrogens (tertiary/aromatic N) is 1. The fourth-order valence-corrected chi connectivity index (χ4v) is 8.33. The van der Waals surface area contributed by atoms with E-state index < -0.39 is 17.4 Å². The quantitative estimate of drug-likeness (QED) is 0.534. The van der Waals surface area contributed by atoms with Crippen molar-refractivity contribution in [2.75, 3.05) is 27.7 Å². The summed E-state index contributed by atoms with van der Waals surface area (Å²) >= 11 is 0. The van der Waals surface area contributed by atoms with Crippen LogP contribution in [0.2, 0.25) is 0 Å². The fraction of sp³-hybridized carbons (Fsp3) is 0.828. The largest absolute Gasteiger partial charge is 0.544 e. The number of quaternary nitrogens is 1. The van der Waals surface area contributed by atoms with Crippen molar-refractivity contribution in [1.29, 1.82) is 0 Å². The van der Waals surface area contributed by atoms with Crippen LogP contribution in [0.25, 0.3) is 0 Å². The maximum atomic E-state index is 13.6. The van der Waals surface area contributed by atoms with E-state index in [1.165, 1.54) is 0 Å². The second-order valence-electron chi connectivity index (χ2n) is 13.7. The van der Waals surface area contributed by atoms with E-state index in [0.29, 0.717) is 36.6 Å². The first kappa shape index (κ1) is 29.5. The first-order valence-corrected chi connectivity index (χ1v) is 13.8. The lowest BCUT2D eigenvalue weighted by Gasteiger charge is -2.58. The zero-order valence-corrected chi connectivity index (χ0v) is 23.4. The predicted molar refractivity (Wildman–Crippen MR) is 135 cm³/mol. The number of carboxylic acid groups (broad SMARTS) is 2. The molecule has 0 spiro atoms. The predicted octanol–water partition coefficient (Wildman–Crippen LogP) is 2.52. The van der Waals surface area contributed by atoms with E-state index in [2.05, 4.69) is 20.8 Å². The lowest BCUT2D eigenvalue weighted by atomic mass is 9.44. The number of ketones is 3. The molecule has 0 aliphatic heterocycles. The molecule has 37 heavy (non-hydrogen) atoms. The molecule has 4 rings (SSSR count). The van der Waals surface area contributed by atoms with E-state index in [1.54, 1.807) is 21.1 Å². The van der Waals surface area contributed by atoms with Crippen molar-refractivity contribution in [1.82, 2.24) is 0 Å². The van der Waals surface area contributed by atoms with Gasteiger partial charge in [-0.25, -0.2) is 0 Å². The molecule has 0 aromatic rings. The number of hydrogen-bond donors (Lipinski definition) is 1. The van der Waals surface area contributed by atoms with Crippen molar-refractivity contribution in [3.8, 4) is 0 Å². The maximum Gasteiger partial charge on any atom is 0.303 e. The Morgan fingerprint density at radius 1 is 1.05 bits per heavy atom. The number of fused-ring (bicyclic) bond motifs is 5. The van der Waals surface area contributed by atoms with Gasteiger partial charge in [0.1, 0.15) is 23.9 Å². The van der Waals surface area contributed by atoms with Gasteiger partial charge in [-0.1, -0.05) is 20.8 Å². The molecule has 0 bridgehead atoms. The fourth-order valence-electron chi connectivity index (χ4n) is 8.33. The van der Waals surface area contributed by atoms with Gasteiger partial charge in [-0.3, -0.25) is 19.2 Å². The minimum Gasteiger partial charge on any atom is -0.544 e. The van der Waals surface area contributed by atoms with Crippen molar-refractivity contribution >= 4 is 29.3 Å². The van der Waals surface area contributed by atoms with Gasteiger partial charge in [0, 0.05) is 43.4 Å². The average Bonchev–Trinajstić information content (AvgIpc) is 3.11. The molecule has 0 unspecified atom stereocenters. The molecule has 8 atom stereocenters. The molecule has 0 aromatic carbocycles. The summed E-state index contributed by atoms with van der Waals surface area (Å²) in [7, 11) is 5.40. The Kier molecular flexibility index (Phi) is 8.43. The van der Waals surface area contributed by atoms with E-state index in [0.717, 1.165) is 19.3 Å². The summed E-state index contributed by atoms with van der Waals surface area (Å²) in [5, 5.41) is 19.0. The third-order valence-corrected chi connectivity index (χ3v) is 10.3. The molecule has 0 radical (unpaired) electrons. The molecule has 1 N–H and O–H groups in total. The number of rotatable bonds is 6. The smallest absolute Gasteiger partial charge is 0.303 e. The van der Waals surface area contributed by atoms with Crippen LogP contribution in [0.1, 0.15) is 78.6 Å². The normalized spacial score (nSPS) is 38.0. The van der Waals surface area contributed by atoms with Gasteiger partial charge in [-0.2, -0.15) is 0 Å². The summed E-state index contributed by atoms with van der Waals surface area (Å²) < 4.78 is 0.419. The van der Waals surface area contributed by atoms with Crippen molar-refractivity contribution in [2.24, 2.45) is 46.3 Å². The number of carbonyl (C=O) groups is 5. The summed E-state index contributed by atoms with van der Waals surface area (Å²) in [5.74, 6) is -0.479. The van der Waals surface area contributed by atoms with Gasteiger partial charge in [0.05, 0.1) is 27.1 Å². The maximum absolute atomic E-state index is 13.6. The average molecular weight is 520 g/mol. The Balaban J connectivity index is 0.000000414. The zero-order chi connectivity index (χ0) is 27.9. The van der Waals surface area contributed by atoms with E-state index in [4.69, 9.17) is 5.11 Å². The second kappa shape index (κ2) is 10.6. The summed E-state index contributed by atoms with van der Waals surface area (Å²) in [5.41, 5.74) is -0.598. The summed E-state index contributed by atoms with van der Waals surface area (Å²) in [6, 6.07) is 0. The van der Waals surface area contributed by atoms with Crippen LogP contribution in [0, 0.1) is 46.3 Å². The SMILES string of the molecule is C[C@H](CCC(=O)O)[C@H]1CC[C@H]2[C@@H]3C(=O)C[C@@H]4CC(=O)CC[C@]4(C)[C@H]3CC(=O)[C@]12C.C[N+](C)(C)CC(=O)[O-]. The Labute approximate surface area is 220 Å². The summed E-state index contributed by atoms with van der Waals surface area (Å²) in [4.78, 5) is 59.9. The number of hydrogen-bond acceptors (Lipinski definition) is 6. The van der Waals surface area contributed by atoms with Crippen LogP contribution in [0.4, 0.5) is 0 Å². The van der Waals surface area contributed by atoms with Crippen molar-refractivity contribution in [3.63, 3.8) is 0 Å². The molecule has 4 aliphatic rings.